The van der Waals surface area contributed by atoms with Gasteiger partial charge in [-0.2, -0.15) is 0 Å². The third kappa shape index (κ3) is 4.01. The van der Waals surface area contributed by atoms with Crippen molar-refractivity contribution in [2.45, 2.75) is 6.42 Å². The Kier molecular flexibility index (Phi) is 7.11. The van der Waals surface area contributed by atoms with Crippen molar-refractivity contribution in [1.29, 1.82) is 0 Å². The molecule has 0 bridgehead atoms. The molecule has 0 saturated carbocycles. The van der Waals surface area contributed by atoms with Gasteiger partial charge in [-0.15, -0.1) is 0 Å². The fraction of sp³-hybridized carbons (Fsp3) is 0.111. The van der Waals surface area contributed by atoms with Crippen molar-refractivity contribution in [2.75, 3.05) is 0 Å². The molecular formula is C9H8Cl2STi. The van der Waals surface area contributed by atoms with Crippen LogP contribution in [0, 0.1) is 0 Å². The Labute approximate surface area is 104 Å². The van der Waals surface area contributed by atoms with Gasteiger partial charge in [-0.25, -0.2) is 0 Å². The molecule has 0 radical (unpaired) electrons. The first kappa shape index (κ1) is 13.5. The minimum absolute atomic E-state index is 0. The molecule has 0 nitrogen and oxygen atoms in total. The molecular weight excluding hydrogens is 259 g/mol. The summed E-state index contributed by atoms with van der Waals surface area (Å²) in [5.74, 6) is 0. The largest absolute Gasteiger partial charge is 1.00 e. The molecule has 1 aliphatic rings. The van der Waals surface area contributed by atoms with E-state index >= 15 is 0 Å². The zero-order valence-electron chi connectivity index (χ0n) is 6.84. The van der Waals surface area contributed by atoms with Gasteiger partial charge < -0.3 is 24.8 Å². The fourth-order valence-corrected chi connectivity index (χ4v) is 4.10. The monoisotopic (exact) mass is 266 g/mol. The second-order valence-corrected chi connectivity index (χ2v) is 6.17. The molecule has 0 spiro atoms. The Hall–Kier alpha value is 0.474. The third-order valence-corrected chi connectivity index (χ3v) is 4.96. The van der Waals surface area contributed by atoms with Gasteiger partial charge in [0.25, 0.3) is 0 Å². The van der Waals surface area contributed by atoms with E-state index in [4.69, 9.17) is 0 Å². The SMILES string of the molecule is C1=CC[C]([Ti+2][c]2cccs2)=C1.[Cl-].[Cl-]. The van der Waals surface area contributed by atoms with Crippen LogP contribution in [-0.2, 0) is 19.2 Å². The zero-order valence-corrected chi connectivity index (χ0v) is 10.7. The molecule has 0 atom stereocenters. The summed E-state index contributed by atoms with van der Waals surface area (Å²) in [5, 5.41) is 2.17. The van der Waals surface area contributed by atoms with Gasteiger partial charge in [0.1, 0.15) is 0 Å². The minimum Gasteiger partial charge on any atom is -1.00 e. The number of halogens is 2. The van der Waals surface area contributed by atoms with E-state index in [-0.39, 0.29) is 44.0 Å². The van der Waals surface area contributed by atoms with Crippen LogP contribution in [0.4, 0.5) is 0 Å². The molecule has 1 heterocycles. The zero-order chi connectivity index (χ0) is 7.52. The molecule has 0 fully saturated rings. The first-order valence-electron chi connectivity index (χ1n) is 3.61. The predicted molar refractivity (Wildman–Crippen MR) is 45.8 cm³/mol. The average molecular weight is 267 g/mol. The Morgan fingerprint density at radius 3 is 2.69 bits per heavy atom. The van der Waals surface area contributed by atoms with Crippen LogP contribution >= 0.6 is 11.3 Å². The Morgan fingerprint density at radius 1 is 1.31 bits per heavy atom. The van der Waals surface area contributed by atoms with Crippen LogP contribution < -0.4 is 28.0 Å². The van der Waals surface area contributed by atoms with Gasteiger partial charge >= 0.3 is 79.7 Å². The quantitative estimate of drug-likeness (QED) is 0.484. The smallest absolute Gasteiger partial charge is 1.00 e. The van der Waals surface area contributed by atoms with E-state index in [0.717, 1.165) is 0 Å². The molecule has 1 aromatic heterocycles. The van der Waals surface area contributed by atoms with Crippen molar-refractivity contribution in [3.05, 3.63) is 39.6 Å². The van der Waals surface area contributed by atoms with Gasteiger partial charge in [0.05, 0.1) is 0 Å². The molecule has 0 unspecified atom stereocenters. The first-order chi connectivity index (χ1) is 5.45. The van der Waals surface area contributed by atoms with Crippen molar-refractivity contribution in [1.82, 2.24) is 0 Å². The topological polar surface area (TPSA) is 0 Å². The van der Waals surface area contributed by atoms with Gasteiger partial charge in [0.2, 0.25) is 0 Å². The van der Waals surface area contributed by atoms with E-state index in [1.807, 2.05) is 11.3 Å². The van der Waals surface area contributed by atoms with E-state index < -0.39 is 0 Å². The van der Waals surface area contributed by atoms with Crippen LogP contribution in [0.2, 0.25) is 0 Å². The van der Waals surface area contributed by atoms with Gasteiger partial charge in [0.15, 0.2) is 0 Å². The molecule has 2 rings (SSSR count). The van der Waals surface area contributed by atoms with Crippen LogP contribution in [-0.4, -0.2) is 0 Å². The first-order valence-corrected chi connectivity index (χ1v) is 6.05. The number of hydrogen-bond acceptors (Lipinski definition) is 1. The van der Waals surface area contributed by atoms with Crippen molar-refractivity contribution in [3.8, 4) is 0 Å². The van der Waals surface area contributed by atoms with Crippen molar-refractivity contribution in [3.63, 3.8) is 0 Å². The molecule has 0 N–H and O–H groups in total. The second kappa shape index (κ2) is 6.86. The molecule has 13 heavy (non-hydrogen) atoms. The molecule has 0 amide bonds. The molecule has 0 saturated heterocycles. The van der Waals surface area contributed by atoms with Crippen LogP contribution in [0.5, 0.6) is 0 Å². The van der Waals surface area contributed by atoms with Crippen LogP contribution in [0.3, 0.4) is 0 Å². The van der Waals surface area contributed by atoms with Crippen molar-refractivity contribution in [2.24, 2.45) is 0 Å². The summed E-state index contributed by atoms with van der Waals surface area (Å²) in [7, 11) is 0. The van der Waals surface area contributed by atoms with E-state index in [1.165, 1.54) is 6.42 Å². The van der Waals surface area contributed by atoms with Gasteiger partial charge in [-0.05, 0) is 0 Å². The van der Waals surface area contributed by atoms with E-state index in [1.54, 1.807) is 7.06 Å². The summed E-state index contributed by atoms with van der Waals surface area (Å²) in [4.78, 5) is 0. The van der Waals surface area contributed by atoms with Crippen LogP contribution in [0.1, 0.15) is 6.42 Å². The molecule has 1 aliphatic carbocycles. The molecule has 0 aliphatic heterocycles. The maximum atomic E-state index is 2.28. The average Bonchev–Trinajstić information content (AvgIpc) is 2.60. The predicted octanol–water partition coefficient (Wildman–Crippen LogP) is -3.69. The third-order valence-electron chi connectivity index (χ3n) is 1.58. The van der Waals surface area contributed by atoms with Gasteiger partial charge in [0, 0.05) is 0 Å². The fourth-order valence-electron chi connectivity index (χ4n) is 1.05. The van der Waals surface area contributed by atoms with E-state index in [2.05, 4.69) is 35.7 Å². The Morgan fingerprint density at radius 2 is 2.15 bits per heavy atom. The Balaban J connectivity index is 0.000000720. The molecule has 0 aromatic carbocycles. The number of allylic oxidation sites excluding steroid dienone is 4. The maximum Gasteiger partial charge on any atom is -1.00 e. The summed E-state index contributed by atoms with van der Waals surface area (Å²) >= 11 is 1.94. The maximum absolute atomic E-state index is 2.28. The number of rotatable bonds is 2. The van der Waals surface area contributed by atoms with Crippen LogP contribution in [0.15, 0.2) is 39.6 Å². The second-order valence-electron chi connectivity index (χ2n) is 2.43. The summed E-state index contributed by atoms with van der Waals surface area (Å²) in [6, 6.07) is 4.40. The summed E-state index contributed by atoms with van der Waals surface area (Å²) in [6.45, 7) is 0. The molecule has 1 aromatic rings. The number of hydrogen-bond donors (Lipinski definition) is 0. The standard InChI is InChI=1S/C5H5.C4H3S.2ClH.Ti/c2*1-2-4-5-3-1;;;/h1-3H,4H2;1-3H;2*1H;/q;;;;+2/p-2. The van der Waals surface area contributed by atoms with Gasteiger partial charge in [-0.3, -0.25) is 0 Å². The molecule has 4 heteroatoms. The normalized spacial score (nSPS) is 12.5. The van der Waals surface area contributed by atoms with Crippen molar-refractivity contribution >= 4 is 14.5 Å². The van der Waals surface area contributed by atoms with Crippen LogP contribution in [0.25, 0.3) is 0 Å². The summed E-state index contributed by atoms with van der Waals surface area (Å²) in [5.41, 5.74) is 0. The van der Waals surface area contributed by atoms with Gasteiger partial charge in [-0.1, -0.05) is 0 Å². The summed E-state index contributed by atoms with van der Waals surface area (Å²) < 4.78 is 3.26. The summed E-state index contributed by atoms with van der Waals surface area (Å²) in [6.07, 6.45) is 7.90. The Bertz CT molecular complexity index is 291. The number of thiophene rings is 1. The van der Waals surface area contributed by atoms with E-state index in [0.29, 0.717) is 0 Å². The van der Waals surface area contributed by atoms with E-state index in [9.17, 15) is 0 Å². The molecule has 68 valence electrons. The van der Waals surface area contributed by atoms with Crippen molar-refractivity contribution < 1.29 is 44.0 Å². The minimum atomic E-state index is 0.